The molecule has 16 heavy (non-hydrogen) atoms. The van der Waals surface area contributed by atoms with Gasteiger partial charge in [-0.3, -0.25) is 0 Å². The number of hydrogen-bond donors (Lipinski definition) is 1. The van der Waals surface area contributed by atoms with Crippen LogP contribution in [-0.4, -0.2) is 31.0 Å². The lowest BCUT2D eigenvalue weighted by molar-refractivity contribution is 0.0696. The minimum absolute atomic E-state index is 0.0378. The zero-order valence-electron chi connectivity index (χ0n) is 8.45. The Morgan fingerprint density at radius 1 is 1.00 bits per heavy atom. The molecule has 0 unspecified atom stereocenters. The average molecular weight is 216 g/mol. The van der Waals surface area contributed by atoms with Gasteiger partial charge in [-0.2, -0.15) is 0 Å². The van der Waals surface area contributed by atoms with Crippen molar-refractivity contribution in [1.29, 1.82) is 0 Å². The standard InChI is InChI=1S/C10H8N4O2/c1-6-2-11-8(12-3-6)9-13-4-7(5-14-9)10(15)16/h2-5H,1H3,(H,15,16). The van der Waals surface area contributed by atoms with Crippen LogP contribution in [0.1, 0.15) is 15.9 Å². The Morgan fingerprint density at radius 2 is 1.44 bits per heavy atom. The van der Waals surface area contributed by atoms with E-state index in [2.05, 4.69) is 19.9 Å². The Hall–Kier alpha value is -2.37. The van der Waals surface area contributed by atoms with E-state index in [0.29, 0.717) is 11.6 Å². The van der Waals surface area contributed by atoms with Gasteiger partial charge >= 0.3 is 5.97 Å². The fraction of sp³-hybridized carbons (Fsp3) is 0.100. The van der Waals surface area contributed by atoms with Crippen LogP contribution in [0, 0.1) is 6.92 Å². The SMILES string of the molecule is Cc1cnc(-c2ncc(C(=O)O)cn2)nc1. The molecule has 2 aromatic rings. The number of carboxylic acids is 1. The molecule has 0 spiro atoms. The molecular weight excluding hydrogens is 208 g/mol. The molecule has 2 aromatic heterocycles. The predicted octanol–water partition coefficient (Wildman–Crippen LogP) is 0.940. The zero-order chi connectivity index (χ0) is 11.5. The highest BCUT2D eigenvalue weighted by atomic mass is 16.4. The maximum Gasteiger partial charge on any atom is 0.338 e. The number of nitrogens with zero attached hydrogens (tertiary/aromatic N) is 4. The molecule has 2 heterocycles. The summed E-state index contributed by atoms with van der Waals surface area (Å²) < 4.78 is 0. The summed E-state index contributed by atoms with van der Waals surface area (Å²) in [5.41, 5.74) is 0.974. The van der Waals surface area contributed by atoms with Gasteiger partial charge in [-0.1, -0.05) is 0 Å². The average Bonchev–Trinajstić information content (AvgIpc) is 2.30. The summed E-state index contributed by atoms with van der Waals surface area (Å²) in [7, 11) is 0. The Morgan fingerprint density at radius 3 is 1.88 bits per heavy atom. The molecule has 0 fully saturated rings. The number of aromatic nitrogens is 4. The van der Waals surface area contributed by atoms with Crippen molar-refractivity contribution >= 4 is 5.97 Å². The van der Waals surface area contributed by atoms with Crippen LogP contribution in [0.15, 0.2) is 24.8 Å². The fourth-order valence-electron chi connectivity index (χ4n) is 1.06. The smallest absolute Gasteiger partial charge is 0.338 e. The van der Waals surface area contributed by atoms with E-state index in [1.54, 1.807) is 12.4 Å². The van der Waals surface area contributed by atoms with Crippen LogP contribution in [0.5, 0.6) is 0 Å². The maximum atomic E-state index is 10.6. The molecule has 0 amide bonds. The first-order valence-corrected chi connectivity index (χ1v) is 4.51. The molecule has 80 valence electrons. The van der Waals surface area contributed by atoms with Crippen LogP contribution in [0.2, 0.25) is 0 Å². The van der Waals surface area contributed by atoms with Gasteiger partial charge in [0, 0.05) is 24.8 Å². The van der Waals surface area contributed by atoms with Gasteiger partial charge in [0.15, 0.2) is 11.6 Å². The first kappa shape index (κ1) is 10.2. The van der Waals surface area contributed by atoms with Crippen molar-refractivity contribution < 1.29 is 9.90 Å². The first-order chi connectivity index (χ1) is 7.66. The largest absolute Gasteiger partial charge is 0.478 e. The zero-order valence-corrected chi connectivity index (χ0v) is 8.45. The van der Waals surface area contributed by atoms with Crippen molar-refractivity contribution in [3.63, 3.8) is 0 Å². The lowest BCUT2D eigenvalue weighted by Gasteiger charge is -1.98. The van der Waals surface area contributed by atoms with Crippen LogP contribution in [0.4, 0.5) is 0 Å². The third-order valence-electron chi connectivity index (χ3n) is 1.88. The molecule has 6 heteroatoms. The van der Waals surface area contributed by atoms with E-state index in [9.17, 15) is 4.79 Å². The van der Waals surface area contributed by atoms with Gasteiger partial charge in [0.05, 0.1) is 5.56 Å². The lowest BCUT2D eigenvalue weighted by Crippen LogP contribution is -2.01. The molecular formula is C10H8N4O2. The molecule has 0 saturated carbocycles. The van der Waals surface area contributed by atoms with Crippen LogP contribution in [0.3, 0.4) is 0 Å². The van der Waals surface area contributed by atoms with Gasteiger partial charge in [-0.15, -0.1) is 0 Å². The summed E-state index contributed by atoms with van der Waals surface area (Å²) in [5, 5.41) is 8.67. The number of carbonyl (C=O) groups is 1. The fourth-order valence-corrected chi connectivity index (χ4v) is 1.06. The van der Waals surface area contributed by atoms with E-state index in [-0.39, 0.29) is 5.56 Å². The normalized spacial score (nSPS) is 10.1. The van der Waals surface area contributed by atoms with Gasteiger partial charge in [-0.05, 0) is 12.5 Å². The van der Waals surface area contributed by atoms with Gasteiger partial charge in [0.2, 0.25) is 0 Å². The molecule has 0 atom stereocenters. The van der Waals surface area contributed by atoms with E-state index in [1.165, 1.54) is 12.4 Å². The number of hydrogen-bond acceptors (Lipinski definition) is 5. The van der Waals surface area contributed by atoms with E-state index in [0.717, 1.165) is 5.56 Å². The second kappa shape index (κ2) is 4.01. The van der Waals surface area contributed by atoms with Crippen molar-refractivity contribution in [3.8, 4) is 11.6 Å². The summed E-state index contributed by atoms with van der Waals surface area (Å²) in [6.07, 6.45) is 5.76. The summed E-state index contributed by atoms with van der Waals surface area (Å²) in [6.45, 7) is 1.87. The summed E-state index contributed by atoms with van der Waals surface area (Å²) in [6, 6.07) is 0. The van der Waals surface area contributed by atoms with Crippen LogP contribution < -0.4 is 0 Å². The topological polar surface area (TPSA) is 88.9 Å². The molecule has 6 nitrogen and oxygen atoms in total. The van der Waals surface area contributed by atoms with Gasteiger partial charge in [0.25, 0.3) is 0 Å². The van der Waals surface area contributed by atoms with E-state index < -0.39 is 5.97 Å². The van der Waals surface area contributed by atoms with Gasteiger partial charge in [-0.25, -0.2) is 24.7 Å². The Balaban J connectivity index is 2.34. The molecule has 0 aliphatic heterocycles. The highest BCUT2D eigenvalue weighted by Crippen LogP contribution is 2.08. The van der Waals surface area contributed by atoms with Gasteiger partial charge in [0.1, 0.15) is 0 Å². The molecule has 2 rings (SSSR count). The Bertz CT molecular complexity index is 507. The molecule has 0 aliphatic rings. The number of aryl methyl sites for hydroxylation is 1. The minimum atomic E-state index is -1.06. The van der Waals surface area contributed by atoms with E-state index in [4.69, 9.17) is 5.11 Å². The van der Waals surface area contributed by atoms with Crippen LogP contribution in [-0.2, 0) is 0 Å². The molecule has 0 saturated heterocycles. The maximum absolute atomic E-state index is 10.6. The van der Waals surface area contributed by atoms with Crippen molar-refractivity contribution in [2.75, 3.05) is 0 Å². The second-order valence-corrected chi connectivity index (χ2v) is 3.18. The van der Waals surface area contributed by atoms with Gasteiger partial charge < -0.3 is 5.11 Å². The number of rotatable bonds is 2. The predicted molar refractivity (Wildman–Crippen MR) is 54.8 cm³/mol. The molecule has 1 N–H and O–H groups in total. The van der Waals surface area contributed by atoms with Crippen molar-refractivity contribution in [2.45, 2.75) is 6.92 Å². The summed E-state index contributed by atoms with van der Waals surface area (Å²) in [4.78, 5) is 26.4. The minimum Gasteiger partial charge on any atom is -0.478 e. The quantitative estimate of drug-likeness (QED) is 0.803. The molecule has 0 bridgehead atoms. The summed E-state index contributed by atoms with van der Waals surface area (Å²) in [5.74, 6) is -0.371. The highest BCUT2D eigenvalue weighted by Gasteiger charge is 2.07. The highest BCUT2D eigenvalue weighted by molar-refractivity contribution is 5.86. The van der Waals surface area contributed by atoms with Crippen LogP contribution >= 0.6 is 0 Å². The third kappa shape index (κ3) is 2.00. The molecule has 0 aromatic carbocycles. The van der Waals surface area contributed by atoms with Crippen LogP contribution in [0.25, 0.3) is 11.6 Å². The number of carboxylic acid groups (broad SMARTS) is 1. The molecule has 0 aliphatic carbocycles. The number of aromatic carboxylic acids is 1. The first-order valence-electron chi connectivity index (χ1n) is 4.51. The second-order valence-electron chi connectivity index (χ2n) is 3.18. The summed E-state index contributed by atoms with van der Waals surface area (Å²) >= 11 is 0. The Labute approximate surface area is 91.1 Å². The molecule has 0 radical (unpaired) electrons. The van der Waals surface area contributed by atoms with Crippen molar-refractivity contribution in [2.24, 2.45) is 0 Å². The third-order valence-corrected chi connectivity index (χ3v) is 1.88. The monoisotopic (exact) mass is 216 g/mol. The lowest BCUT2D eigenvalue weighted by atomic mass is 10.3. The van der Waals surface area contributed by atoms with Crippen molar-refractivity contribution in [1.82, 2.24) is 19.9 Å². The van der Waals surface area contributed by atoms with Crippen molar-refractivity contribution in [3.05, 3.63) is 35.9 Å². The van der Waals surface area contributed by atoms with E-state index >= 15 is 0 Å². The van der Waals surface area contributed by atoms with E-state index in [1.807, 2.05) is 6.92 Å². The Kier molecular flexibility index (Phi) is 2.55.